The molecule has 0 radical (unpaired) electrons. The summed E-state index contributed by atoms with van der Waals surface area (Å²) in [5, 5.41) is 3.62. The van der Waals surface area contributed by atoms with Crippen LogP contribution in [0, 0.1) is 0 Å². The summed E-state index contributed by atoms with van der Waals surface area (Å²) in [6.07, 6.45) is 0. The Labute approximate surface area is 110 Å². The molecule has 0 fully saturated rings. The lowest BCUT2D eigenvalue weighted by molar-refractivity contribution is 0.165. The average molecular weight is 277 g/mol. The van der Waals surface area contributed by atoms with Gasteiger partial charge in [-0.05, 0) is 18.2 Å². The minimum absolute atomic E-state index is 0.244. The number of halogens is 2. The number of methoxy groups -OCH3 is 1. The Morgan fingerprint density at radius 1 is 1.47 bits per heavy atom. The summed E-state index contributed by atoms with van der Waals surface area (Å²) in [7, 11) is 3.26. The van der Waals surface area contributed by atoms with Crippen molar-refractivity contribution in [2.24, 2.45) is 0 Å². The van der Waals surface area contributed by atoms with Crippen LogP contribution in [0.15, 0.2) is 18.2 Å². The van der Waals surface area contributed by atoms with Gasteiger partial charge in [0, 0.05) is 25.7 Å². The van der Waals surface area contributed by atoms with Crippen molar-refractivity contribution in [3.63, 3.8) is 0 Å². The third-order valence-electron chi connectivity index (χ3n) is 2.15. The number of hydrogen-bond donors (Lipinski definition) is 1. The highest BCUT2D eigenvalue weighted by atomic mass is 35.5. The second-order valence-corrected chi connectivity index (χ2v) is 4.31. The van der Waals surface area contributed by atoms with E-state index in [9.17, 15) is 4.79 Å². The SMILES string of the molecule is COCCN(C)C(=O)Nc1ccc(Cl)cc1Cl. The lowest BCUT2D eigenvalue weighted by Gasteiger charge is -2.17. The zero-order chi connectivity index (χ0) is 12.8. The van der Waals surface area contributed by atoms with E-state index in [1.54, 1.807) is 32.4 Å². The van der Waals surface area contributed by atoms with Crippen LogP contribution in [0.25, 0.3) is 0 Å². The Balaban J connectivity index is 2.61. The van der Waals surface area contributed by atoms with Gasteiger partial charge < -0.3 is 15.0 Å². The second-order valence-electron chi connectivity index (χ2n) is 3.47. The van der Waals surface area contributed by atoms with Gasteiger partial charge in [0.25, 0.3) is 0 Å². The van der Waals surface area contributed by atoms with Crippen molar-refractivity contribution < 1.29 is 9.53 Å². The van der Waals surface area contributed by atoms with Crippen molar-refractivity contribution in [2.75, 3.05) is 32.6 Å². The molecule has 1 aromatic rings. The number of likely N-dealkylation sites (N-methyl/N-ethyl adjacent to an activating group) is 1. The largest absolute Gasteiger partial charge is 0.383 e. The minimum Gasteiger partial charge on any atom is -0.383 e. The number of nitrogens with one attached hydrogen (secondary N) is 1. The van der Waals surface area contributed by atoms with E-state index in [0.29, 0.717) is 28.9 Å². The summed E-state index contributed by atoms with van der Waals surface area (Å²) < 4.78 is 4.89. The average Bonchev–Trinajstić information content (AvgIpc) is 2.29. The van der Waals surface area contributed by atoms with Crippen molar-refractivity contribution in [3.05, 3.63) is 28.2 Å². The van der Waals surface area contributed by atoms with Gasteiger partial charge in [-0.3, -0.25) is 0 Å². The van der Waals surface area contributed by atoms with E-state index < -0.39 is 0 Å². The molecular formula is C11H14Cl2N2O2. The Morgan fingerprint density at radius 2 is 2.18 bits per heavy atom. The number of anilines is 1. The van der Waals surface area contributed by atoms with E-state index in [1.165, 1.54) is 4.90 Å². The number of benzene rings is 1. The van der Waals surface area contributed by atoms with Crippen LogP contribution >= 0.6 is 23.2 Å². The van der Waals surface area contributed by atoms with Crippen LogP contribution in [0.5, 0.6) is 0 Å². The smallest absolute Gasteiger partial charge is 0.321 e. The van der Waals surface area contributed by atoms with E-state index in [2.05, 4.69) is 5.32 Å². The van der Waals surface area contributed by atoms with Gasteiger partial charge in [-0.2, -0.15) is 0 Å². The molecular weight excluding hydrogens is 263 g/mol. The van der Waals surface area contributed by atoms with Crippen molar-refractivity contribution in [3.8, 4) is 0 Å². The van der Waals surface area contributed by atoms with Crippen LogP contribution in [0.4, 0.5) is 10.5 Å². The van der Waals surface area contributed by atoms with Crippen LogP contribution in [0.2, 0.25) is 10.0 Å². The third kappa shape index (κ3) is 4.42. The summed E-state index contributed by atoms with van der Waals surface area (Å²) in [5.74, 6) is 0. The topological polar surface area (TPSA) is 41.6 Å². The molecule has 0 aliphatic rings. The highest BCUT2D eigenvalue weighted by molar-refractivity contribution is 6.36. The standard InChI is InChI=1S/C11H14Cl2N2O2/c1-15(5-6-17-2)11(16)14-10-4-3-8(12)7-9(10)13/h3-4,7H,5-6H2,1-2H3,(H,14,16). The summed E-state index contributed by atoms with van der Waals surface area (Å²) >= 11 is 11.7. The molecule has 1 N–H and O–H groups in total. The molecule has 4 nitrogen and oxygen atoms in total. The predicted octanol–water partition coefficient (Wildman–Crippen LogP) is 3.10. The Bertz CT molecular complexity index is 399. The molecule has 6 heteroatoms. The van der Waals surface area contributed by atoms with Gasteiger partial charge in [0.2, 0.25) is 0 Å². The van der Waals surface area contributed by atoms with E-state index in [4.69, 9.17) is 27.9 Å². The summed E-state index contributed by atoms with van der Waals surface area (Å²) in [5.41, 5.74) is 0.533. The molecule has 0 atom stereocenters. The third-order valence-corrected chi connectivity index (χ3v) is 2.70. The van der Waals surface area contributed by atoms with E-state index in [0.717, 1.165) is 0 Å². The van der Waals surface area contributed by atoms with E-state index in [1.807, 2.05) is 0 Å². The number of carbonyl (C=O) groups is 1. The fourth-order valence-corrected chi connectivity index (χ4v) is 1.59. The highest BCUT2D eigenvalue weighted by Crippen LogP contribution is 2.25. The second kappa shape index (κ2) is 6.69. The quantitative estimate of drug-likeness (QED) is 0.918. The van der Waals surface area contributed by atoms with Gasteiger partial charge in [0.1, 0.15) is 0 Å². The van der Waals surface area contributed by atoms with E-state index >= 15 is 0 Å². The first kappa shape index (κ1) is 14.1. The lowest BCUT2D eigenvalue weighted by Crippen LogP contribution is -2.33. The zero-order valence-electron chi connectivity index (χ0n) is 9.67. The first-order chi connectivity index (χ1) is 8.04. The molecule has 0 bridgehead atoms. The number of ether oxygens (including phenoxy) is 1. The molecule has 0 aliphatic carbocycles. The minimum atomic E-state index is -0.244. The van der Waals surface area contributed by atoms with E-state index in [-0.39, 0.29) is 6.03 Å². The molecule has 0 saturated carbocycles. The van der Waals surface area contributed by atoms with Crippen molar-refractivity contribution >= 4 is 34.9 Å². The first-order valence-electron chi connectivity index (χ1n) is 5.00. The molecule has 0 spiro atoms. The molecule has 94 valence electrons. The van der Waals surface area contributed by atoms with Crippen molar-refractivity contribution in [1.29, 1.82) is 0 Å². The van der Waals surface area contributed by atoms with Gasteiger partial charge >= 0.3 is 6.03 Å². The zero-order valence-corrected chi connectivity index (χ0v) is 11.2. The summed E-state index contributed by atoms with van der Waals surface area (Å²) in [6, 6.07) is 4.66. The van der Waals surface area contributed by atoms with Gasteiger partial charge in [0.05, 0.1) is 17.3 Å². The summed E-state index contributed by atoms with van der Waals surface area (Å²) in [6.45, 7) is 0.992. The maximum Gasteiger partial charge on any atom is 0.321 e. The van der Waals surface area contributed by atoms with Crippen LogP contribution in [-0.2, 0) is 4.74 Å². The van der Waals surface area contributed by atoms with Gasteiger partial charge in [-0.25, -0.2) is 4.79 Å². The number of carbonyl (C=O) groups excluding carboxylic acids is 1. The molecule has 0 aromatic heterocycles. The molecule has 0 heterocycles. The lowest BCUT2D eigenvalue weighted by atomic mass is 10.3. The Morgan fingerprint density at radius 3 is 2.76 bits per heavy atom. The maximum atomic E-state index is 11.7. The monoisotopic (exact) mass is 276 g/mol. The van der Waals surface area contributed by atoms with Crippen molar-refractivity contribution in [1.82, 2.24) is 4.90 Å². The van der Waals surface area contributed by atoms with Crippen LogP contribution in [0.1, 0.15) is 0 Å². The number of urea groups is 1. The molecule has 2 amide bonds. The molecule has 0 saturated heterocycles. The van der Waals surface area contributed by atoms with Gasteiger partial charge in [-0.15, -0.1) is 0 Å². The van der Waals surface area contributed by atoms with Crippen LogP contribution < -0.4 is 5.32 Å². The Kier molecular flexibility index (Phi) is 5.55. The molecule has 17 heavy (non-hydrogen) atoms. The van der Waals surface area contributed by atoms with Gasteiger partial charge in [0.15, 0.2) is 0 Å². The number of amides is 2. The number of rotatable bonds is 4. The number of hydrogen-bond acceptors (Lipinski definition) is 2. The fraction of sp³-hybridized carbons (Fsp3) is 0.364. The molecule has 1 aromatic carbocycles. The fourth-order valence-electron chi connectivity index (χ4n) is 1.13. The molecule has 0 aliphatic heterocycles. The Hall–Kier alpha value is -0.970. The van der Waals surface area contributed by atoms with Crippen molar-refractivity contribution in [2.45, 2.75) is 0 Å². The molecule has 0 unspecified atom stereocenters. The van der Waals surface area contributed by atoms with Crippen LogP contribution in [-0.4, -0.2) is 38.2 Å². The van der Waals surface area contributed by atoms with Crippen LogP contribution in [0.3, 0.4) is 0 Å². The molecule has 1 rings (SSSR count). The summed E-state index contributed by atoms with van der Waals surface area (Å²) in [4.78, 5) is 13.2. The number of nitrogens with zero attached hydrogens (tertiary/aromatic N) is 1. The maximum absolute atomic E-state index is 11.7. The van der Waals surface area contributed by atoms with Gasteiger partial charge in [-0.1, -0.05) is 23.2 Å². The first-order valence-corrected chi connectivity index (χ1v) is 5.76. The predicted molar refractivity (Wildman–Crippen MR) is 70.0 cm³/mol. The normalized spacial score (nSPS) is 10.1. The highest BCUT2D eigenvalue weighted by Gasteiger charge is 2.10.